The molecule has 1 aromatic carbocycles. The Morgan fingerprint density at radius 2 is 2.24 bits per heavy atom. The summed E-state index contributed by atoms with van der Waals surface area (Å²) in [4.78, 5) is 15.0. The predicted molar refractivity (Wildman–Crippen MR) is 90.1 cm³/mol. The maximum absolute atomic E-state index is 13.3. The van der Waals surface area contributed by atoms with Crippen LogP contribution in [0, 0.1) is 5.82 Å². The van der Waals surface area contributed by atoms with Crippen LogP contribution in [0.1, 0.15) is 17.2 Å². The van der Waals surface area contributed by atoms with E-state index < -0.39 is 0 Å². The van der Waals surface area contributed by atoms with E-state index in [1.54, 1.807) is 23.9 Å². The summed E-state index contributed by atoms with van der Waals surface area (Å²) < 4.78 is 20.4. The van der Waals surface area contributed by atoms with E-state index in [0.717, 1.165) is 24.2 Å². The Morgan fingerprint density at radius 1 is 1.36 bits per heavy atom. The smallest absolute Gasteiger partial charge is 0.253 e. The zero-order valence-corrected chi connectivity index (χ0v) is 13.7. The number of aromatic nitrogens is 4. The molecule has 1 fully saturated rings. The molecule has 1 aliphatic rings. The van der Waals surface area contributed by atoms with Crippen LogP contribution in [0.4, 0.5) is 4.39 Å². The van der Waals surface area contributed by atoms with Crippen molar-refractivity contribution in [2.24, 2.45) is 0 Å². The Bertz CT molecular complexity index is 967. The number of methoxy groups -OCH3 is 1. The van der Waals surface area contributed by atoms with Gasteiger partial charge in [-0.05, 0) is 29.7 Å². The van der Waals surface area contributed by atoms with Gasteiger partial charge in [0.05, 0.1) is 23.9 Å². The molecule has 1 aliphatic heterocycles. The third kappa shape index (κ3) is 3.06. The quantitative estimate of drug-likeness (QED) is 0.738. The first-order chi connectivity index (χ1) is 12.1. The van der Waals surface area contributed by atoms with Gasteiger partial charge in [-0.3, -0.25) is 4.79 Å². The van der Waals surface area contributed by atoms with Crippen LogP contribution in [-0.4, -0.2) is 46.3 Å². The highest BCUT2D eigenvalue weighted by Gasteiger charge is 2.30. The van der Waals surface area contributed by atoms with Crippen molar-refractivity contribution in [1.82, 2.24) is 25.3 Å². The SMILES string of the molecule is CO[C@@H]1CNC[C@H]1c1cn(Cc2cc3ccc(F)cc3[nH]c2=O)nn1. The van der Waals surface area contributed by atoms with Gasteiger partial charge in [-0.2, -0.15) is 0 Å². The first-order valence-electron chi connectivity index (χ1n) is 8.09. The average molecular weight is 343 g/mol. The van der Waals surface area contributed by atoms with Crippen molar-refractivity contribution in [3.63, 3.8) is 0 Å². The Kier molecular flexibility index (Phi) is 4.06. The number of hydrogen-bond acceptors (Lipinski definition) is 5. The second-order valence-electron chi connectivity index (χ2n) is 6.24. The number of ether oxygens (including phenoxy) is 1. The molecule has 3 heterocycles. The number of nitrogens with one attached hydrogen (secondary N) is 2. The van der Waals surface area contributed by atoms with Gasteiger partial charge in [0.25, 0.3) is 5.56 Å². The van der Waals surface area contributed by atoms with E-state index in [-0.39, 0.29) is 23.4 Å². The lowest BCUT2D eigenvalue weighted by atomic mass is 10.0. The van der Waals surface area contributed by atoms with Crippen molar-refractivity contribution in [2.45, 2.75) is 18.6 Å². The second kappa shape index (κ2) is 6.38. The van der Waals surface area contributed by atoms with E-state index >= 15 is 0 Å². The van der Waals surface area contributed by atoms with E-state index in [9.17, 15) is 9.18 Å². The molecule has 4 rings (SSSR count). The third-order valence-electron chi connectivity index (χ3n) is 4.61. The summed E-state index contributed by atoms with van der Waals surface area (Å²) in [5.74, 6) is -0.230. The second-order valence-corrected chi connectivity index (χ2v) is 6.24. The Balaban J connectivity index is 1.60. The molecule has 7 nitrogen and oxygen atoms in total. The summed E-state index contributed by atoms with van der Waals surface area (Å²) in [6.07, 6.45) is 1.92. The summed E-state index contributed by atoms with van der Waals surface area (Å²) in [5, 5.41) is 12.4. The molecule has 0 radical (unpaired) electrons. The Morgan fingerprint density at radius 3 is 3.08 bits per heavy atom. The van der Waals surface area contributed by atoms with Gasteiger partial charge in [0, 0.05) is 37.9 Å². The van der Waals surface area contributed by atoms with E-state index in [2.05, 4.69) is 20.6 Å². The fourth-order valence-corrected chi connectivity index (χ4v) is 3.27. The van der Waals surface area contributed by atoms with Crippen LogP contribution in [-0.2, 0) is 11.3 Å². The standard InChI is InChI=1S/C17H18FN5O2/c1-25-16-7-19-6-13(16)15-9-23(22-21-15)8-11-4-10-2-3-12(18)5-14(10)20-17(11)24/h2-5,9,13,16,19H,6-8H2,1H3,(H,20,24)/t13-,16+/m0/s1. The molecular weight excluding hydrogens is 325 g/mol. The monoisotopic (exact) mass is 343 g/mol. The molecule has 2 N–H and O–H groups in total. The van der Waals surface area contributed by atoms with E-state index in [1.807, 2.05) is 6.20 Å². The number of nitrogens with zero attached hydrogens (tertiary/aromatic N) is 3. The van der Waals surface area contributed by atoms with Gasteiger partial charge in [-0.25, -0.2) is 9.07 Å². The van der Waals surface area contributed by atoms with Crippen LogP contribution in [0.15, 0.2) is 35.3 Å². The molecule has 0 bridgehead atoms. The number of fused-ring (bicyclic) bond motifs is 1. The molecule has 25 heavy (non-hydrogen) atoms. The number of pyridine rings is 1. The molecule has 0 spiro atoms. The first kappa shape index (κ1) is 15.9. The highest BCUT2D eigenvalue weighted by atomic mass is 19.1. The lowest BCUT2D eigenvalue weighted by Gasteiger charge is -2.13. The van der Waals surface area contributed by atoms with Gasteiger partial charge in [0.1, 0.15) is 5.82 Å². The number of hydrogen-bond donors (Lipinski definition) is 2. The van der Waals surface area contributed by atoms with Crippen LogP contribution in [0.25, 0.3) is 10.9 Å². The molecule has 3 aromatic rings. The number of halogens is 1. The van der Waals surface area contributed by atoms with E-state index in [1.165, 1.54) is 12.1 Å². The minimum atomic E-state index is -0.380. The van der Waals surface area contributed by atoms with Gasteiger partial charge in [-0.15, -0.1) is 5.10 Å². The summed E-state index contributed by atoms with van der Waals surface area (Å²) >= 11 is 0. The molecule has 2 aromatic heterocycles. The highest BCUT2D eigenvalue weighted by molar-refractivity contribution is 5.78. The third-order valence-corrected chi connectivity index (χ3v) is 4.61. The zero-order chi connectivity index (χ0) is 17.4. The summed E-state index contributed by atoms with van der Waals surface area (Å²) in [6.45, 7) is 1.88. The average Bonchev–Trinajstić information content (AvgIpc) is 3.24. The summed E-state index contributed by atoms with van der Waals surface area (Å²) in [6, 6.07) is 6.08. The lowest BCUT2D eigenvalue weighted by Crippen LogP contribution is -2.19. The Hall–Kier alpha value is -2.58. The van der Waals surface area contributed by atoms with Crippen molar-refractivity contribution in [1.29, 1.82) is 0 Å². The molecule has 130 valence electrons. The van der Waals surface area contributed by atoms with Crippen molar-refractivity contribution >= 4 is 10.9 Å². The maximum Gasteiger partial charge on any atom is 0.253 e. The van der Waals surface area contributed by atoms with Crippen LogP contribution in [0.3, 0.4) is 0 Å². The van der Waals surface area contributed by atoms with Gasteiger partial charge in [0.15, 0.2) is 0 Å². The first-order valence-corrected chi connectivity index (χ1v) is 8.09. The number of benzene rings is 1. The molecule has 1 saturated heterocycles. The van der Waals surface area contributed by atoms with Crippen LogP contribution >= 0.6 is 0 Å². The number of H-pyrrole nitrogens is 1. The zero-order valence-electron chi connectivity index (χ0n) is 13.7. The largest absolute Gasteiger partial charge is 0.379 e. The molecule has 0 amide bonds. The maximum atomic E-state index is 13.3. The summed E-state index contributed by atoms with van der Waals surface area (Å²) in [7, 11) is 1.69. The van der Waals surface area contributed by atoms with Crippen molar-refractivity contribution in [3.8, 4) is 0 Å². The number of aromatic amines is 1. The van der Waals surface area contributed by atoms with Gasteiger partial charge < -0.3 is 15.0 Å². The summed E-state index contributed by atoms with van der Waals surface area (Å²) in [5.41, 5.74) is 1.61. The minimum absolute atomic E-state index is 0.0733. The van der Waals surface area contributed by atoms with Gasteiger partial charge in [-0.1, -0.05) is 5.21 Å². The highest BCUT2D eigenvalue weighted by Crippen LogP contribution is 2.22. The molecule has 0 unspecified atom stereocenters. The van der Waals surface area contributed by atoms with Gasteiger partial charge in [0.2, 0.25) is 0 Å². The topological polar surface area (TPSA) is 84.8 Å². The Labute approximate surface area is 142 Å². The van der Waals surface area contributed by atoms with Crippen molar-refractivity contribution in [3.05, 3.63) is 57.9 Å². The fourth-order valence-electron chi connectivity index (χ4n) is 3.27. The normalized spacial score (nSPS) is 20.4. The van der Waals surface area contributed by atoms with Crippen LogP contribution in [0.5, 0.6) is 0 Å². The lowest BCUT2D eigenvalue weighted by molar-refractivity contribution is 0.104. The fraction of sp³-hybridized carbons (Fsp3) is 0.353. The van der Waals surface area contributed by atoms with Crippen LogP contribution < -0.4 is 10.9 Å². The molecule has 2 atom stereocenters. The molecule has 0 aliphatic carbocycles. The molecule has 0 saturated carbocycles. The van der Waals surface area contributed by atoms with Gasteiger partial charge >= 0.3 is 0 Å². The minimum Gasteiger partial charge on any atom is -0.379 e. The molecular formula is C17H18FN5O2. The van der Waals surface area contributed by atoms with Crippen molar-refractivity contribution in [2.75, 3.05) is 20.2 Å². The van der Waals surface area contributed by atoms with E-state index in [0.29, 0.717) is 17.6 Å². The predicted octanol–water partition coefficient (Wildman–Crippen LogP) is 1.01. The van der Waals surface area contributed by atoms with Crippen LogP contribution in [0.2, 0.25) is 0 Å². The van der Waals surface area contributed by atoms with E-state index in [4.69, 9.17) is 4.74 Å². The molecule has 8 heteroatoms. The number of rotatable bonds is 4. The van der Waals surface area contributed by atoms with Crippen molar-refractivity contribution < 1.29 is 9.13 Å².